The molecule has 6 aliphatic rings. The highest BCUT2D eigenvalue weighted by Gasteiger charge is 2.53. The maximum absolute atomic E-state index is 14.0. The average molecular weight is 617 g/mol. The van der Waals surface area contributed by atoms with Crippen molar-refractivity contribution in [3.63, 3.8) is 0 Å². The minimum absolute atomic E-state index is 0.0560. The number of methoxy groups -OCH3 is 2. The Morgan fingerprint density at radius 3 is 2.07 bits per heavy atom. The first-order valence-corrected chi connectivity index (χ1v) is 16.3. The molecule has 2 saturated carbocycles. The molecule has 4 fully saturated rings. The fraction of sp³-hybridized carbons (Fsp3) is 0.733. The summed E-state index contributed by atoms with van der Waals surface area (Å²) >= 11 is 0.972. The number of rotatable bonds is 2. The quantitative estimate of drug-likeness (QED) is 0.364. The molecule has 13 heteroatoms. The van der Waals surface area contributed by atoms with Gasteiger partial charge in [0.05, 0.1) is 29.7 Å². The van der Waals surface area contributed by atoms with E-state index in [1.165, 1.54) is 0 Å². The van der Waals surface area contributed by atoms with Crippen molar-refractivity contribution in [1.29, 1.82) is 0 Å². The van der Waals surface area contributed by atoms with Crippen molar-refractivity contribution in [2.75, 3.05) is 19.5 Å². The van der Waals surface area contributed by atoms with Crippen LogP contribution in [-0.4, -0.2) is 80.5 Å². The van der Waals surface area contributed by atoms with Crippen molar-refractivity contribution in [2.45, 2.75) is 101 Å². The normalized spacial score (nSPS) is 42.3. The molecule has 234 valence electrons. The van der Waals surface area contributed by atoms with Crippen molar-refractivity contribution in [3.05, 3.63) is 15.3 Å². The Bertz CT molecular complexity index is 1340. The van der Waals surface area contributed by atoms with Crippen LogP contribution in [0.2, 0.25) is 0 Å². The molecule has 8 bridgehead atoms. The third kappa shape index (κ3) is 4.70. The number of carbonyl (C=O) groups excluding carboxylic acids is 4. The maximum Gasteiger partial charge on any atom is 0.374 e. The van der Waals surface area contributed by atoms with Crippen LogP contribution in [0.5, 0.6) is 0 Å². The number of amides is 2. The fourth-order valence-corrected chi connectivity index (χ4v) is 10.2. The Balaban J connectivity index is 1.32. The first kappa shape index (κ1) is 29.1. The number of nitrogens with one attached hydrogen (secondary N) is 4. The van der Waals surface area contributed by atoms with Gasteiger partial charge in [-0.3, -0.25) is 9.59 Å². The van der Waals surface area contributed by atoms with E-state index in [-0.39, 0.29) is 70.6 Å². The molecule has 0 aromatic carbocycles. The van der Waals surface area contributed by atoms with Gasteiger partial charge in [-0.1, -0.05) is 0 Å². The molecule has 12 nitrogen and oxygen atoms in total. The second kappa shape index (κ2) is 11.1. The zero-order valence-corrected chi connectivity index (χ0v) is 25.7. The highest BCUT2D eigenvalue weighted by atomic mass is 32.1. The number of anilines is 1. The van der Waals surface area contributed by atoms with Crippen molar-refractivity contribution < 1.29 is 38.2 Å². The number of fused-ring (bicyclic) bond motifs is 10. The summed E-state index contributed by atoms with van der Waals surface area (Å²) < 4.78 is 18.0. The van der Waals surface area contributed by atoms with Gasteiger partial charge in [0.2, 0.25) is 5.91 Å². The van der Waals surface area contributed by atoms with Gasteiger partial charge in [-0.25, -0.2) is 9.59 Å². The number of ether oxygens (including phenoxy) is 3. The minimum Gasteiger partial charge on any atom is -0.458 e. The Morgan fingerprint density at radius 1 is 0.767 bits per heavy atom. The van der Waals surface area contributed by atoms with E-state index in [2.05, 4.69) is 21.4 Å². The van der Waals surface area contributed by atoms with Crippen molar-refractivity contribution in [1.82, 2.24) is 16.1 Å². The maximum atomic E-state index is 14.0. The highest BCUT2D eigenvalue weighted by Crippen LogP contribution is 2.51. The molecule has 1 aromatic rings. The summed E-state index contributed by atoms with van der Waals surface area (Å²) in [6.45, 7) is 3.90. The molecule has 2 aliphatic carbocycles. The van der Waals surface area contributed by atoms with Gasteiger partial charge in [0, 0.05) is 55.8 Å². The predicted molar refractivity (Wildman–Crippen MR) is 154 cm³/mol. The van der Waals surface area contributed by atoms with Crippen LogP contribution in [0.1, 0.15) is 83.2 Å². The summed E-state index contributed by atoms with van der Waals surface area (Å²) in [5.41, 5.74) is 3.29. The van der Waals surface area contributed by atoms with E-state index in [9.17, 15) is 19.2 Å². The van der Waals surface area contributed by atoms with Gasteiger partial charge in [0.1, 0.15) is 15.9 Å². The third-order valence-electron chi connectivity index (χ3n) is 11.0. The Kier molecular flexibility index (Phi) is 7.52. The van der Waals surface area contributed by atoms with Crippen LogP contribution in [0.15, 0.2) is 0 Å². The second-order valence-corrected chi connectivity index (χ2v) is 14.2. The fourth-order valence-electron chi connectivity index (χ4n) is 9.13. The lowest BCUT2D eigenvalue weighted by Gasteiger charge is -2.49. The lowest BCUT2D eigenvalue weighted by atomic mass is 9.67. The summed E-state index contributed by atoms with van der Waals surface area (Å²) in [5.74, 6) is -3.35. The van der Waals surface area contributed by atoms with E-state index in [1.54, 1.807) is 14.2 Å². The molecule has 2 amide bonds. The molecule has 0 radical (unpaired) electrons. The number of thiophene rings is 1. The largest absolute Gasteiger partial charge is 0.458 e. The van der Waals surface area contributed by atoms with Crippen molar-refractivity contribution >= 4 is 40.8 Å². The molecule has 43 heavy (non-hydrogen) atoms. The van der Waals surface area contributed by atoms with Gasteiger partial charge in [0.15, 0.2) is 0 Å². The highest BCUT2D eigenvalue weighted by molar-refractivity contribution is 7.16. The topological polar surface area (TPSA) is 153 Å². The van der Waals surface area contributed by atoms with Crippen LogP contribution < -0.4 is 21.4 Å². The van der Waals surface area contributed by atoms with Gasteiger partial charge in [0.25, 0.3) is 5.91 Å². The van der Waals surface area contributed by atoms with Crippen LogP contribution >= 0.6 is 11.3 Å². The van der Waals surface area contributed by atoms with Crippen LogP contribution in [0, 0.1) is 23.7 Å². The Hall–Kier alpha value is -2.58. The van der Waals surface area contributed by atoms with Crippen LogP contribution in [0.4, 0.5) is 5.69 Å². The number of piperidine rings is 2. The van der Waals surface area contributed by atoms with E-state index < -0.39 is 35.8 Å². The van der Waals surface area contributed by atoms with Gasteiger partial charge in [-0.05, 0) is 58.3 Å². The zero-order valence-electron chi connectivity index (χ0n) is 24.8. The number of hydrogen-bond donors (Lipinski definition) is 4. The summed E-state index contributed by atoms with van der Waals surface area (Å²) in [5, 5.41) is 10.2. The van der Waals surface area contributed by atoms with E-state index in [0.717, 1.165) is 30.6 Å². The van der Waals surface area contributed by atoms with Crippen molar-refractivity contribution in [2.24, 2.45) is 23.7 Å². The Labute approximate surface area is 254 Å². The molecule has 0 spiro atoms. The van der Waals surface area contributed by atoms with Crippen molar-refractivity contribution in [3.8, 4) is 0 Å². The van der Waals surface area contributed by atoms with Gasteiger partial charge >= 0.3 is 11.9 Å². The van der Waals surface area contributed by atoms with E-state index in [0.29, 0.717) is 29.7 Å². The first-order valence-electron chi connectivity index (χ1n) is 15.5. The molecule has 12 unspecified atom stereocenters. The van der Waals surface area contributed by atoms with Gasteiger partial charge < -0.3 is 35.0 Å². The van der Waals surface area contributed by atoms with E-state index in [1.807, 2.05) is 13.8 Å². The lowest BCUT2D eigenvalue weighted by Crippen LogP contribution is -2.64. The lowest BCUT2D eigenvalue weighted by molar-refractivity contribution is -0.149. The zero-order chi connectivity index (χ0) is 30.2. The third-order valence-corrected chi connectivity index (χ3v) is 12.1. The summed E-state index contributed by atoms with van der Waals surface area (Å²) in [4.78, 5) is 60.8. The number of esters is 1. The second-order valence-electron chi connectivity index (χ2n) is 13.1. The van der Waals surface area contributed by atoms with Crippen LogP contribution in [0.25, 0.3) is 0 Å². The van der Waals surface area contributed by atoms with E-state index >= 15 is 0 Å². The predicted octanol–water partition coefficient (Wildman–Crippen LogP) is 2.09. The molecule has 2 saturated heterocycles. The molecular formula is C30H40N4O8S. The average Bonchev–Trinajstić information content (AvgIpc) is 3.36. The smallest absolute Gasteiger partial charge is 0.374 e. The summed E-state index contributed by atoms with van der Waals surface area (Å²) in [6.07, 6.45) is 3.17. The molecule has 4 N–H and O–H groups in total. The molecular weight excluding hydrogens is 576 g/mol. The van der Waals surface area contributed by atoms with E-state index in [4.69, 9.17) is 19.0 Å². The molecule has 4 aliphatic heterocycles. The number of hydrogen-bond acceptors (Lipinski definition) is 11. The Morgan fingerprint density at radius 2 is 1.40 bits per heavy atom. The summed E-state index contributed by atoms with van der Waals surface area (Å²) in [6, 6.07) is -0.0769. The van der Waals surface area contributed by atoms with Crippen LogP contribution in [-0.2, 0) is 28.6 Å². The minimum atomic E-state index is -0.847. The number of hydroxylamine groups is 1. The van der Waals surface area contributed by atoms with Gasteiger partial charge in [-0.15, -0.1) is 11.3 Å². The molecule has 7 rings (SSSR count). The molecule has 12 atom stereocenters. The number of carbonyl (C=O) groups is 4. The van der Waals surface area contributed by atoms with Gasteiger partial charge in [-0.2, -0.15) is 5.48 Å². The van der Waals surface area contributed by atoms with Crippen LogP contribution in [0.3, 0.4) is 0 Å². The SMILES string of the molecule is COC1C2CC3CCC2NC(C)C1C(=O)NOC(=O)c1sc(c2c1NC(=O)C1C(C)NC4CCC2CC4C1OC)C(=O)O3. The first-order chi connectivity index (χ1) is 20.7. The molecule has 5 heterocycles. The standard InChI is InChI=1S/C30H40N4O8S/c1-11-19-23(39-3)15-9-13(5-7-17(15)31-11)21-22(33-27(19)35)26-30(38)42-34-28(36)20-12(2)32-18-8-6-14(10-16(18)24(20)40-4)41-29(37)25(21)43-26/h11-20,23-24,31-32H,5-10H2,1-4H3,(H,33,35)(H,34,36). The summed E-state index contributed by atoms with van der Waals surface area (Å²) in [7, 11) is 3.22. The molecule has 1 aromatic heterocycles. The monoisotopic (exact) mass is 616 g/mol.